The predicted molar refractivity (Wildman–Crippen MR) is 112 cm³/mol. The highest BCUT2D eigenvalue weighted by atomic mass is 32.2. The first-order valence-corrected chi connectivity index (χ1v) is 11.5. The SMILES string of the molecule is Cc1nc(C)c(Cn2c(=O)c3cc(S(=O)(=O)NC4(C)CC4)ccc3n(C)c2=O)s1. The van der Waals surface area contributed by atoms with Gasteiger partial charge in [0.15, 0.2) is 0 Å². The van der Waals surface area contributed by atoms with Gasteiger partial charge in [-0.15, -0.1) is 11.3 Å². The molecule has 2 aromatic heterocycles. The topological polar surface area (TPSA) is 103 Å². The molecule has 2 heterocycles. The summed E-state index contributed by atoms with van der Waals surface area (Å²) in [5.74, 6) is 0. The van der Waals surface area contributed by atoms with Crippen LogP contribution in [-0.2, 0) is 23.6 Å². The third kappa shape index (κ3) is 3.56. The van der Waals surface area contributed by atoms with Crippen molar-refractivity contribution < 1.29 is 8.42 Å². The highest BCUT2D eigenvalue weighted by Gasteiger charge is 2.41. The molecule has 0 saturated heterocycles. The molecule has 0 radical (unpaired) electrons. The van der Waals surface area contributed by atoms with Gasteiger partial charge in [-0.05, 0) is 51.8 Å². The zero-order chi connectivity index (χ0) is 21.1. The molecule has 4 rings (SSSR count). The van der Waals surface area contributed by atoms with E-state index in [2.05, 4.69) is 9.71 Å². The molecular formula is C19H22N4O4S2. The number of aromatic nitrogens is 3. The van der Waals surface area contributed by atoms with Crippen LogP contribution in [0.3, 0.4) is 0 Å². The Morgan fingerprint density at radius 3 is 2.52 bits per heavy atom. The molecular weight excluding hydrogens is 412 g/mol. The van der Waals surface area contributed by atoms with Gasteiger partial charge in [-0.3, -0.25) is 13.9 Å². The number of hydrogen-bond acceptors (Lipinski definition) is 6. The molecule has 0 amide bonds. The quantitative estimate of drug-likeness (QED) is 0.658. The lowest BCUT2D eigenvalue weighted by Crippen LogP contribution is -2.39. The zero-order valence-electron chi connectivity index (χ0n) is 16.6. The number of hydrogen-bond donors (Lipinski definition) is 1. The maximum atomic E-state index is 13.1. The summed E-state index contributed by atoms with van der Waals surface area (Å²) in [7, 11) is -2.18. The van der Waals surface area contributed by atoms with Crippen molar-refractivity contribution in [1.82, 2.24) is 18.8 Å². The Morgan fingerprint density at radius 1 is 1.24 bits per heavy atom. The normalized spacial score (nSPS) is 15.7. The van der Waals surface area contributed by atoms with Crippen LogP contribution in [-0.4, -0.2) is 28.1 Å². The first-order chi connectivity index (χ1) is 13.5. The molecule has 0 bridgehead atoms. The molecule has 1 saturated carbocycles. The second kappa shape index (κ2) is 6.61. The van der Waals surface area contributed by atoms with Crippen LogP contribution in [0.25, 0.3) is 10.9 Å². The number of aryl methyl sites for hydroxylation is 3. The summed E-state index contributed by atoms with van der Waals surface area (Å²) in [4.78, 5) is 31.1. The molecule has 0 unspecified atom stereocenters. The van der Waals surface area contributed by atoms with Crippen molar-refractivity contribution in [3.63, 3.8) is 0 Å². The first kappa shape index (κ1) is 20.0. The minimum atomic E-state index is -3.76. The molecule has 8 nitrogen and oxygen atoms in total. The third-order valence-electron chi connectivity index (χ3n) is 5.32. The minimum Gasteiger partial charge on any atom is -0.296 e. The second-order valence-electron chi connectivity index (χ2n) is 7.82. The summed E-state index contributed by atoms with van der Waals surface area (Å²) in [5, 5.41) is 1.05. The molecule has 0 aliphatic heterocycles. The van der Waals surface area contributed by atoms with Crippen molar-refractivity contribution >= 4 is 32.3 Å². The van der Waals surface area contributed by atoms with Gasteiger partial charge in [-0.1, -0.05) is 0 Å². The summed E-state index contributed by atoms with van der Waals surface area (Å²) >= 11 is 1.43. The van der Waals surface area contributed by atoms with E-state index in [1.165, 1.54) is 34.1 Å². The van der Waals surface area contributed by atoms with E-state index in [4.69, 9.17) is 0 Å². The van der Waals surface area contributed by atoms with E-state index in [-0.39, 0.29) is 16.8 Å². The van der Waals surface area contributed by atoms with Crippen LogP contribution < -0.4 is 16.0 Å². The average molecular weight is 435 g/mol. The molecule has 1 aromatic carbocycles. The lowest BCUT2D eigenvalue weighted by atomic mass is 10.2. The van der Waals surface area contributed by atoms with Gasteiger partial charge in [0.05, 0.1) is 33.0 Å². The summed E-state index contributed by atoms with van der Waals surface area (Å²) in [6.07, 6.45) is 1.57. The van der Waals surface area contributed by atoms with Crippen molar-refractivity contribution in [2.75, 3.05) is 0 Å². The molecule has 0 spiro atoms. The molecule has 154 valence electrons. The summed E-state index contributed by atoms with van der Waals surface area (Å²) in [6, 6.07) is 4.29. The Balaban J connectivity index is 1.87. The van der Waals surface area contributed by atoms with E-state index in [1.807, 2.05) is 20.8 Å². The summed E-state index contributed by atoms with van der Waals surface area (Å²) in [5.41, 5.74) is -0.209. The van der Waals surface area contributed by atoms with Gasteiger partial charge in [0, 0.05) is 17.5 Å². The molecule has 1 fully saturated rings. The van der Waals surface area contributed by atoms with Gasteiger partial charge < -0.3 is 0 Å². The van der Waals surface area contributed by atoms with E-state index in [0.29, 0.717) is 5.52 Å². The molecule has 1 N–H and O–H groups in total. The van der Waals surface area contributed by atoms with Gasteiger partial charge in [0.2, 0.25) is 10.0 Å². The van der Waals surface area contributed by atoms with E-state index in [0.717, 1.165) is 33.0 Å². The third-order valence-corrected chi connectivity index (χ3v) is 8.01. The van der Waals surface area contributed by atoms with Gasteiger partial charge in [-0.2, -0.15) is 0 Å². The van der Waals surface area contributed by atoms with Crippen LogP contribution in [0.2, 0.25) is 0 Å². The van der Waals surface area contributed by atoms with Crippen molar-refractivity contribution in [2.24, 2.45) is 7.05 Å². The van der Waals surface area contributed by atoms with Crippen LogP contribution in [0.5, 0.6) is 0 Å². The largest absolute Gasteiger partial charge is 0.331 e. The standard InChI is InChI=1S/C19H22N4O4S2/c1-11-16(28-12(2)20-11)10-23-17(24)14-9-13(5-6-15(14)22(4)18(23)25)29(26,27)21-19(3)7-8-19/h5-6,9,21H,7-8,10H2,1-4H3. The smallest absolute Gasteiger partial charge is 0.296 e. The highest BCUT2D eigenvalue weighted by molar-refractivity contribution is 7.89. The number of rotatable bonds is 5. The monoisotopic (exact) mass is 434 g/mol. The van der Waals surface area contributed by atoms with Gasteiger partial charge >= 0.3 is 5.69 Å². The number of nitrogens with zero attached hydrogens (tertiary/aromatic N) is 3. The number of benzene rings is 1. The summed E-state index contributed by atoms with van der Waals surface area (Å²) < 4.78 is 30.6. The Hall–Kier alpha value is -2.30. The molecule has 1 aliphatic carbocycles. The predicted octanol–water partition coefficient (Wildman–Crippen LogP) is 1.65. The van der Waals surface area contributed by atoms with E-state index < -0.39 is 26.8 Å². The molecule has 1 aliphatic rings. The Morgan fingerprint density at radius 2 is 1.93 bits per heavy atom. The maximum Gasteiger partial charge on any atom is 0.331 e. The zero-order valence-corrected chi connectivity index (χ0v) is 18.3. The minimum absolute atomic E-state index is 0.0187. The van der Waals surface area contributed by atoms with Gasteiger partial charge in [0.1, 0.15) is 0 Å². The number of sulfonamides is 1. The van der Waals surface area contributed by atoms with Crippen molar-refractivity contribution in [2.45, 2.75) is 50.6 Å². The van der Waals surface area contributed by atoms with Gasteiger partial charge in [-0.25, -0.2) is 22.9 Å². The van der Waals surface area contributed by atoms with Crippen LogP contribution in [0.1, 0.15) is 35.3 Å². The lowest BCUT2D eigenvalue weighted by Gasteiger charge is -2.14. The van der Waals surface area contributed by atoms with E-state index >= 15 is 0 Å². The lowest BCUT2D eigenvalue weighted by molar-refractivity contribution is 0.558. The Labute approximate surface area is 171 Å². The Kier molecular flexibility index (Phi) is 4.56. The fraction of sp³-hybridized carbons (Fsp3) is 0.421. The fourth-order valence-corrected chi connectivity index (χ4v) is 5.76. The second-order valence-corrected chi connectivity index (χ2v) is 10.8. The summed E-state index contributed by atoms with van der Waals surface area (Å²) in [6.45, 7) is 5.66. The highest BCUT2D eigenvalue weighted by Crippen LogP contribution is 2.36. The molecule has 10 heteroatoms. The van der Waals surface area contributed by atoms with Crippen molar-refractivity contribution in [1.29, 1.82) is 0 Å². The van der Waals surface area contributed by atoms with Crippen molar-refractivity contribution in [3.05, 3.63) is 54.6 Å². The number of thiazole rings is 1. The Bertz CT molecular complexity index is 1360. The molecule has 0 atom stereocenters. The molecule has 29 heavy (non-hydrogen) atoms. The maximum absolute atomic E-state index is 13.1. The number of fused-ring (bicyclic) bond motifs is 1. The van der Waals surface area contributed by atoms with Gasteiger partial charge in [0.25, 0.3) is 5.56 Å². The van der Waals surface area contributed by atoms with E-state index in [9.17, 15) is 18.0 Å². The number of nitrogens with one attached hydrogen (secondary N) is 1. The average Bonchev–Trinajstić information content (AvgIpc) is 3.27. The fourth-order valence-electron chi connectivity index (χ4n) is 3.34. The molecule has 3 aromatic rings. The van der Waals surface area contributed by atoms with Crippen molar-refractivity contribution in [3.8, 4) is 0 Å². The van der Waals surface area contributed by atoms with E-state index in [1.54, 1.807) is 7.05 Å². The van der Waals surface area contributed by atoms with Crippen LogP contribution in [0, 0.1) is 13.8 Å². The van der Waals surface area contributed by atoms with Crippen LogP contribution in [0.15, 0.2) is 32.7 Å². The van der Waals surface area contributed by atoms with Crippen LogP contribution >= 0.6 is 11.3 Å². The van der Waals surface area contributed by atoms with Crippen LogP contribution in [0.4, 0.5) is 0 Å². The first-order valence-electron chi connectivity index (χ1n) is 9.21.